The van der Waals surface area contributed by atoms with Crippen LogP contribution < -0.4 is 0 Å². The second-order valence-corrected chi connectivity index (χ2v) is 6.00. The normalized spacial score (nSPS) is 17.0. The number of para-hydroxylation sites is 1. The highest BCUT2D eigenvalue weighted by atomic mass is 16.5. The van der Waals surface area contributed by atoms with Gasteiger partial charge in [0.05, 0.1) is 42.3 Å². The molecule has 0 saturated heterocycles. The minimum Gasteiger partial charge on any atom is -0.382 e. The van der Waals surface area contributed by atoms with Gasteiger partial charge >= 0.3 is 0 Å². The van der Waals surface area contributed by atoms with E-state index in [9.17, 15) is 4.79 Å². The second kappa shape index (κ2) is 6.05. The molecule has 2 aromatic heterocycles. The molecule has 1 atom stereocenters. The number of carbonyl (C=O) groups is 1. The smallest absolute Gasteiger partial charge is 0.255 e. The van der Waals surface area contributed by atoms with Crippen molar-refractivity contribution >= 4 is 16.8 Å². The fourth-order valence-corrected chi connectivity index (χ4v) is 3.24. The van der Waals surface area contributed by atoms with E-state index in [0.29, 0.717) is 25.3 Å². The topological polar surface area (TPSA) is 60.2 Å². The van der Waals surface area contributed by atoms with Crippen LogP contribution in [0.3, 0.4) is 0 Å². The first-order valence-corrected chi connectivity index (χ1v) is 7.90. The number of hydrogen-bond acceptors (Lipinski definition) is 4. The van der Waals surface area contributed by atoms with Gasteiger partial charge < -0.3 is 14.2 Å². The Morgan fingerprint density at radius 2 is 2.21 bits per heavy atom. The number of nitrogens with zero attached hydrogens (tertiary/aromatic N) is 4. The van der Waals surface area contributed by atoms with E-state index in [4.69, 9.17) is 4.74 Å². The molecule has 3 heterocycles. The van der Waals surface area contributed by atoms with Crippen molar-refractivity contribution in [1.29, 1.82) is 0 Å². The van der Waals surface area contributed by atoms with Crippen molar-refractivity contribution in [3.63, 3.8) is 0 Å². The summed E-state index contributed by atoms with van der Waals surface area (Å²) in [6, 6.07) is 9.79. The van der Waals surface area contributed by atoms with Crippen molar-refractivity contribution in [3.05, 3.63) is 60.3 Å². The van der Waals surface area contributed by atoms with Crippen LogP contribution in [-0.4, -0.2) is 45.6 Å². The first kappa shape index (κ1) is 14.8. The minimum absolute atomic E-state index is 0.0122. The van der Waals surface area contributed by atoms with Gasteiger partial charge in [-0.1, -0.05) is 18.2 Å². The van der Waals surface area contributed by atoms with E-state index < -0.39 is 0 Å². The van der Waals surface area contributed by atoms with Crippen LogP contribution in [0, 0.1) is 0 Å². The average molecular weight is 322 g/mol. The number of amides is 1. The first-order chi connectivity index (χ1) is 11.8. The zero-order valence-corrected chi connectivity index (χ0v) is 13.4. The molecule has 1 aliphatic rings. The predicted molar refractivity (Wildman–Crippen MR) is 89.6 cm³/mol. The lowest BCUT2D eigenvalue weighted by Gasteiger charge is -2.34. The van der Waals surface area contributed by atoms with Crippen LogP contribution in [0.1, 0.15) is 22.1 Å². The van der Waals surface area contributed by atoms with E-state index in [2.05, 4.69) is 14.5 Å². The highest BCUT2D eigenvalue weighted by Gasteiger charge is 2.28. The van der Waals surface area contributed by atoms with E-state index in [-0.39, 0.29) is 11.9 Å². The molecule has 3 aromatic rings. The van der Waals surface area contributed by atoms with Gasteiger partial charge in [0.1, 0.15) is 0 Å². The zero-order valence-electron chi connectivity index (χ0n) is 13.4. The maximum atomic E-state index is 12.9. The summed E-state index contributed by atoms with van der Waals surface area (Å²) in [5.41, 5.74) is 2.52. The number of imidazole rings is 1. The molecule has 0 aliphatic carbocycles. The summed E-state index contributed by atoms with van der Waals surface area (Å²) in [6.07, 6.45) is 5.26. The van der Waals surface area contributed by atoms with Crippen LogP contribution in [0.15, 0.2) is 49.1 Å². The van der Waals surface area contributed by atoms with Crippen LogP contribution in [-0.2, 0) is 11.3 Å². The van der Waals surface area contributed by atoms with Crippen molar-refractivity contribution in [2.45, 2.75) is 12.6 Å². The molecule has 1 aliphatic heterocycles. The maximum Gasteiger partial charge on any atom is 0.255 e. The molecule has 0 saturated carbocycles. The summed E-state index contributed by atoms with van der Waals surface area (Å²) in [5, 5.41) is 0.971. The minimum atomic E-state index is -0.0122. The molecule has 0 bridgehead atoms. The van der Waals surface area contributed by atoms with Gasteiger partial charge in [-0.05, 0) is 12.1 Å². The first-order valence-electron chi connectivity index (χ1n) is 7.90. The number of methoxy groups -OCH3 is 1. The highest BCUT2D eigenvalue weighted by Crippen LogP contribution is 2.23. The number of benzene rings is 1. The van der Waals surface area contributed by atoms with Gasteiger partial charge in [-0.15, -0.1) is 0 Å². The Hall–Kier alpha value is -2.73. The Labute approximate surface area is 139 Å². The van der Waals surface area contributed by atoms with Gasteiger partial charge in [0.2, 0.25) is 0 Å². The fourth-order valence-electron chi connectivity index (χ4n) is 3.24. The molecule has 0 fully saturated rings. The second-order valence-electron chi connectivity index (χ2n) is 6.00. The Balaban J connectivity index is 1.64. The third-order valence-electron chi connectivity index (χ3n) is 4.41. The highest BCUT2D eigenvalue weighted by molar-refractivity contribution is 5.97. The van der Waals surface area contributed by atoms with Gasteiger partial charge in [0, 0.05) is 31.4 Å². The van der Waals surface area contributed by atoms with Crippen molar-refractivity contribution in [2.24, 2.45) is 0 Å². The number of carbonyl (C=O) groups excluding carboxylic acids is 1. The lowest BCUT2D eigenvalue weighted by atomic mass is 10.1. The molecule has 0 radical (unpaired) electrons. The van der Waals surface area contributed by atoms with Crippen LogP contribution in [0.5, 0.6) is 0 Å². The van der Waals surface area contributed by atoms with Crippen LogP contribution in [0.25, 0.3) is 10.9 Å². The van der Waals surface area contributed by atoms with E-state index in [1.165, 1.54) is 0 Å². The number of ether oxygens (including phenoxy) is 1. The molecular weight excluding hydrogens is 304 g/mol. The molecule has 24 heavy (non-hydrogen) atoms. The molecule has 0 unspecified atom stereocenters. The van der Waals surface area contributed by atoms with Gasteiger partial charge in [-0.3, -0.25) is 9.78 Å². The molecule has 1 amide bonds. The summed E-state index contributed by atoms with van der Waals surface area (Å²) in [6.45, 7) is 1.69. The third-order valence-corrected chi connectivity index (χ3v) is 4.41. The molecule has 1 aromatic carbocycles. The number of rotatable bonds is 3. The Kier molecular flexibility index (Phi) is 3.74. The summed E-state index contributed by atoms with van der Waals surface area (Å²) in [5.74, 6) is -0.0122. The van der Waals surface area contributed by atoms with Gasteiger partial charge in [0.25, 0.3) is 5.91 Å². The maximum absolute atomic E-state index is 12.9. The Morgan fingerprint density at radius 3 is 3.08 bits per heavy atom. The Morgan fingerprint density at radius 1 is 1.33 bits per heavy atom. The van der Waals surface area contributed by atoms with Crippen molar-refractivity contribution in [1.82, 2.24) is 19.4 Å². The van der Waals surface area contributed by atoms with E-state index in [1.54, 1.807) is 25.8 Å². The van der Waals surface area contributed by atoms with E-state index in [0.717, 1.165) is 16.6 Å². The number of pyridine rings is 1. The summed E-state index contributed by atoms with van der Waals surface area (Å²) in [4.78, 5) is 23.4. The van der Waals surface area contributed by atoms with Crippen LogP contribution in [0.2, 0.25) is 0 Å². The standard InChI is InChI=1S/C18H18N4O2/c1-24-11-16-10-21(9-15-8-19-12-22(15)16)18(23)14-6-13-4-2-3-5-17(13)20-7-14/h2-8,12,16H,9-11H2,1H3/t16-/m1/s1. The molecule has 6 nitrogen and oxygen atoms in total. The lowest BCUT2D eigenvalue weighted by molar-refractivity contribution is 0.0599. The Bertz CT molecular complexity index is 889. The van der Waals surface area contributed by atoms with Gasteiger partial charge in [-0.2, -0.15) is 0 Å². The average Bonchev–Trinajstić information content (AvgIpc) is 3.10. The number of aromatic nitrogens is 3. The third kappa shape index (κ3) is 2.55. The fraction of sp³-hybridized carbons (Fsp3) is 0.278. The number of hydrogen-bond donors (Lipinski definition) is 0. The summed E-state index contributed by atoms with van der Waals surface area (Å²) >= 11 is 0. The monoisotopic (exact) mass is 322 g/mol. The SMILES string of the molecule is COC[C@H]1CN(C(=O)c2cnc3ccccc3c2)Cc2cncn21. The predicted octanol–water partition coefficient (Wildman–Crippen LogP) is 2.27. The molecule has 0 N–H and O–H groups in total. The van der Waals surface area contributed by atoms with Gasteiger partial charge in [-0.25, -0.2) is 4.98 Å². The number of fused-ring (bicyclic) bond motifs is 2. The van der Waals surface area contributed by atoms with E-state index in [1.807, 2.05) is 35.2 Å². The molecule has 122 valence electrons. The van der Waals surface area contributed by atoms with Crippen molar-refractivity contribution in [3.8, 4) is 0 Å². The van der Waals surface area contributed by atoms with Crippen molar-refractivity contribution < 1.29 is 9.53 Å². The summed E-state index contributed by atoms with van der Waals surface area (Å²) in [7, 11) is 1.67. The van der Waals surface area contributed by atoms with Crippen molar-refractivity contribution in [2.75, 3.05) is 20.3 Å². The van der Waals surface area contributed by atoms with Crippen LogP contribution in [0.4, 0.5) is 0 Å². The lowest BCUT2D eigenvalue weighted by Crippen LogP contribution is -2.42. The largest absolute Gasteiger partial charge is 0.382 e. The zero-order chi connectivity index (χ0) is 16.5. The molecule has 0 spiro atoms. The molecule has 4 rings (SSSR count). The molecule has 6 heteroatoms. The molecular formula is C18H18N4O2. The summed E-state index contributed by atoms with van der Waals surface area (Å²) < 4.78 is 7.39. The quantitative estimate of drug-likeness (QED) is 0.742. The van der Waals surface area contributed by atoms with Gasteiger partial charge in [0.15, 0.2) is 0 Å². The van der Waals surface area contributed by atoms with Crippen LogP contribution >= 0.6 is 0 Å². The van der Waals surface area contributed by atoms with E-state index >= 15 is 0 Å².